The zero-order chi connectivity index (χ0) is 10.0. The number of aromatic carboxylic acids is 1. The molecule has 1 aromatic rings. The first kappa shape index (κ1) is 9.73. The number of hydrogen-bond donors (Lipinski definition) is 1. The molecule has 1 rings (SSSR count). The molecule has 0 atom stereocenters. The van der Waals surface area contributed by atoms with Gasteiger partial charge < -0.3 is 10.0 Å². The van der Waals surface area contributed by atoms with Crippen molar-refractivity contribution in [2.75, 3.05) is 14.1 Å². The monoisotopic (exact) mass is 183 g/mol. The van der Waals surface area contributed by atoms with Crippen LogP contribution in [0.1, 0.15) is 16.1 Å². The smallest absolute Gasteiger partial charge is 0.339 e. The lowest BCUT2D eigenvalue weighted by atomic mass is 10.2. The van der Waals surface area contributed by atoms with E-state index in [1.165, 1.54) is 10.9 Å². The van der Waals surface area contributed by atoms with Crippen molar-refractivity contribution in [1.29, 1.82) is 0 Å². The first-order valence-electron chi connectivity index (χ1n) is 3.91. The molecule has 0 amide bonds. The standard InChI is InChI=1S/C8H13N3O2/c1-10(2)5-7-6(8(12)13)4-11(3)9-7/h4H,5H2,1-3H3,(H,12,13). The molecule has 0 bridgehead atoms. The molecule has 0 aliphatic carbocycles. The van der Waals surface area contributed by atoms with Crippen molar-refractivity contribution < 1.29 is 9.90 Å². The maximum Gasteiger partial charge on any atom is 0.339 e. The van der Waals surface area contributed by atoms with E-state index in [1.807, 2.05) is 19.0 Å². The molecule has 72 valence electrons. The van der Waals surface area contributed by atoms with Crippen LogP contribution in [0.4, 0.5) is 0 Å². The number of carbonyl (C=O) groups is 1. The number of rotatable bonds is 3. The van der Waals surface area contributed by atoms with Crippen LogP contribution in [-0.2, 0) is 13.6 Å². The molecule has 5 heteroatoms. The Labute approximate surface area is 76.6 Å². The van der Waals surface area contributed by atoms with Crippen LogP contribution in [0, 0.1) is 0 Å². The third-order valence-electron chi connectivity index (χ3n) is 1.60. The van der Waals surface area contributed by atoms with Crippen LogP contribution in [0.3, 0.4) is 0 Å². The molecule has 0 radical (unpaired) electrons. The van der Waals surface area contributed by atoms with Gasteiger partial charge in [-0.05, 0) is 14.1 Å². The summed E-state index contributed by atoms with van der Waals surface area (Å²) in [7, 11) is 5.46. The van der Waals surface area contributed by atoms with Gasteiger partial charge in [0.05, 0.1) is 5.69 Å². The highest BCUT2D eigenvalue weighted by Crippen LogP contribution is 2.07. The van der Waals surface area contributed by atoms with Gasteiger partial charge in [0.15, 0.2) is 0 Å². The van der Waals surface area contributed by atoms with E-state index in [0.717, 1.165) is 0 Å². The highest BCUT2D eigenvalue weighted by molar-refractivity contribution is 5.88. The molecule has 1 heterocycles. The Morgan fingerprint density at radius 1 is 1.69 bits per heavy atom. The van der Waals surface area contributed by atoms with Gasteiger partial charge in [0.1, 0.15) is 5.56 Å². The summed E-state index contributed by atoms with van der Waals surface area (Å²) in [5, 5.41) is 12.9. The molecular weight excluding hydrogens is 170 g/mol. The van der Waals surface area contributed by atoms with Crippen LogP contribution >= 0.6 is 0 Å². The minimum atomic E-state index is -0.926. The zero-order valence-corrected chi connectivity index (χ0v) is 7.98. The molecule has 0 saturated carbocycles. The lowest BCUT2D eigenvalue weighted by Crippen LogP contribution is -2.13. The van der Waals surface area contributed by atoms with Crippen molar-refractivity contribution in [2.45, 2.75) is 6.54 Å². The Kier molecular flexibility index (Phi) is 2.67. The second kappa shape index (κ2) is 3.57. The molecule has 0 unspecified atom stereocenters. The molecule has 0 saturated heterocycles. The van der Waals surface area contributed by atoms with Crippen LogP contribution in [-0.4, -0.2) is 39.9 Å². The molecule has 1 N–H and O–H groups in total. The molecule has 0 aliphatic rings. The molecule has 13 heavy (non-hydrogen) atoms. The van der Waals surface area contributed by atoms with Gasteiger partial charge in [-0.1, -0.05) is 0 Å². The van der Waals surface area contributed by atoms with Gasteiger partial charge >= 0.3 is 5.97 Å². The number of aromatic nitrogens is 2. The lowest BCUT2D eigenvalue weighted by molar-refractivity contribution is 0.0695. The SMILES string of the molecule is CN(C)Cc1nn(C)cc1C(=O)O. The number of carboxylic acid groups (broad SMARTS) is 1. The van der Waals surface area contributed by atoms with Gasteiger partial charge in [-0.2, -0.15) is 5.10 Å². The first-order chi connectivity index (χ1) is 6.00. The quantitative estimate of drug-likeness (QED) is 0.726. The van der Waals surface area contributed by atoms with E-state index in [-0.39, 0.29) is 5.56 Å². The van der Waals surface area contributed by atoms with E-state index in [2.05, 4.69) is 5.10 Å². The normalized spacial score (nSPS) is 10.8. The topological polar surface area (TPSA) is 58.4 Å². The number of carboxylic acids is 1. The number of aryl methyl sites for hydroxylation is 1. The van der Waals surface area contributed by atoms with Crippen molar-refractivity contribution in [2.24, 2.45) is 7.05 Å². The van der Waals surface area contributed by atoms with Crippen LogP contribution in [0.25, 0.3) is 0 Å². The predicted molar refractivity (Wildman–Crippen MR) is 47.6 cm³/mol. The summed E-state index contributed by atoms with van der Waals surface area (Å²) in [4.78, 5) is 12.6. The van der Waals surface area contributed by atoms with Gasteiger partial charge in [0.25, 0.3) is 0 Å². The Bertz CT molecular complexity index is 317. The fourth-order valence-corrected chi connectivity index (χ4v) is 1.13. The van der Waals surface area contributed by atoms with Crippen molar-refractivity contribution in [3.63, 3.8) is 0 Å². The maximum atomic E-state index is 10.7. The van der Waals surface area contributed by atoms with Gasteiger partial charge in [0.2, 0.25) is 0 Å². The molecule has 0 fully saturated rings. The number of nitrogens with zero attached hydrogens (tertiary/aromatic N) is 3. The summed E-state index contributed by atoms with van der Waals surface area (Å²) >= 11 is 0. The Morgan fingerprint density at radius 3 is 2.77 bits per heavy atom. The lowest BCUT2D eigenvalue weighted by Gasteiger charge is -2.06. The first-order valence-corrected chi connectivity index (χ1v) is 3.91. The fourth-order valence-electron chi connectivity index (χ4n) is 1.13. The van der Waals surface area contributed by atoms with Gasteiger partial charge in [-0.15, -0.1) is 0 Å². The number of hydrogen-bond acceptors (Lipinski definition) is 3. The van der Waals surface area contributed by atoms with E-state index in [9.17, 15) is 4.79 Å². The Morgan fingerprint density at radius 2 is 2.31 bits per heavy atom. The average Bonchev–Trinajstić information content (AvgIpc) is 2.29. The van der Waals surface area contributed by atoms with Crippen molar-refractivity contribution in [1.82, 2.24) is 14.7 Å². The highest BCUT2D eigenvalue weighted by atomic mass is 16.4. The minimum Gasteiger partial charge on any atom is -0.478 e. The molecule has 1 aromatic heterocycles. The fraction of sp³-hybridized carbons (Fsp3) is 0.500. The summed E-state index contributed by atoms with van der Waals surface area (Å²) in [6.07, 6.45) is 1.52. The van der Waals surface area contributed by atoms with Crippen LogP contribution in [0.5, 0.6) is 0 Å². The zero-order valence-electron chi connectivity index (χ0n) is 7.98. The Hall–Kier alpha value is -1.36. The van der Waals surface area contributed by atoms with E-state index in [0.29, 0.717) is 12.2 Å². The van der Waals surface area contributed by atoms with E-state index in [4.69, 9.17) is 5.11 Å². The van der Waals surface area contributed by atoms with Crippen molar-refractivity contribution >= 4 is 5.97 Å². The molecule has 0 spiro atoms. The highest BCUT2D eigenvalue weighted by Gasteiger charge is 2.14. The summed E-state index contributed by atoms with van der Waals surface area (Å²) in [6.45, 7) is 0.544. The summed E-state index contributed by atoms with van der Waals surface area (Å²) in [5.41, 5.74) is 0.871. The van der Waals surface area contributed by atoms with Gasteiger partial charge in [0, 0.05) is 19.8 Å². The van der Waals surface area contributed by atoms with Crippen LogP contribution < -0.4 is 0 Å². The summed E-state index contributed by atoms with van der Waals surface area (Å²) < 4.78 is 1.52. The van der Waals surface area contributed by atoms with E-state index >= 15 is 0 Å². The predicted octanol–water partition coefficient (Wildman–Crippen LogP) is 0.180. The third-order valence-corrected chi connectivity index (χ3v) is 1.60. The molecular formula is C8H13N3O2. The van der Waals surface area contributed by atoms with Crippen LogP contribution in [0.15, 0.2) is 6.20 Å². The second-order valence-corrected chi connectivity index (χ2v) is 3.21. The van der Waals surface area contributed by atoms with Crippen molar-refractivity contribution in [3.05, 3.63) is 17.5 Å². The van der Waals surface area contributed by atoms with E-state index < -0.39 is 5.97 Å². The van der Waals surface area contributed by atoms with Gasteiger partial charge in [-0.3, -0.25) is 4.68 Å². The Balaban J connectivity index is 2.97. The summed E-state index contributed by atoms with van der Waals surface area (Å²) in [6, 6.07) is 0. The molecule has 0 aromatic carbocycles. The van der Waals surface area contributed by atoms with Gasteiger partial charge in [-0.25, -0.2) is 4.79 Å². The minimum absolute atomic E-state index is 0.274. The average molecular weight is 183 g/mol. The summed E-state index contributed by atoms with van der Waals surface area (Å²) in [5.74, 6) is -0.926. The van der Waals surface area contributed by atoms with E-state index in [1.54, 1.807) is 7.05 Å². The van der Waals surface area contributed by atoms with Crippen molar-refractivity contribution in [3.8, 4) is 0 Å². The maximum absolute atomic E-state index is 10.7. The molecule has 0 aliphatic heterocycles. The molecule has 5 nitrogen and oxygen atoms in total. The van der Waals surface area contributed by atoms with Crippen LogP contribution in [0.2, 0.25) is 0 Å². The largest absolute Gasteiger partial charge is 0.478 e. The second-order valence-electron chi connectivity index (χ2n) is 3.21. The third kappa shape index (κ3) is 2.29.